The molecule has 0 amide bonds. The first kappa shape index (κ1) is 19.1. The van der Waals surface area contributed by atoms with Gasteiger partial charge in [-0.25, -0.2) is 0 Å². The summed E-state index contributed by atoms with van der Waals surface area (Å²) in [5, 5.41) is 0. The molecule has 0 aliphatic rings. The third-order valence-corrected chi connectivity index (χ3v) is 3.95. The molecular formula is C19H32O3. The maximum absolute atomic E-state index is 6.05. The molecule has 0 aliphatic heterocycles. The Balaban J connectivity index is 2.41. The predicted molar refractivity (Wildman–Crippen MR) is 90.9 cm³/mol. The van der Waals surface area contributed by atoms with Crippen LogP contribution < -0.4 is 0 Å². The normalized spacial score (nSPS) is 12.7. The molecule has 0 aromatic heterocycles. The Morgan fingerprint density at radius 3 is 2.14 bits per heavy atom. The van der Waals surface area contributed by atoms with Crippen LogP contribution in [0, 0.1) is 0 Å². The molecule has 0 saturated heterocycles. The van der Waals surface area contributed by atoms with Gasteiger partial charge in [-0.2, -0.15) is 0 Å². The van der Waals surface area contributed by atoms with Gasteiger partial charge < -0.3 is 14.2 Å². The summed E-state index contributed by atoms with van der Waals surface area (Å²) in [7, 11) is 3.28. The highest BCUT2D eigenvalue weighted by molar-refractivity contribution is 5.17. The molecule has 126 valence electrons. The van der Waals surface area contributed by atoms with Crippen LogP contribution >= 0.6 is 0 Å². The first-order valence-corrected chi connectivity index (χ1v) is 8.54. The maximum atomic E-state index is 6.05. The van der Waals surface area contributed by atoms with E-state index in [-0.39, 0.29) is 12.4 Å². The van der Waals surface area contributed by atoms with E-state index in [1.807, 2.05) is 6.07 Å². The van der Waals surface area contributed by atoms with Crippen molar-refractivity contribution in [2.45, 2.75) is 64.3 Å². The summed E-state index contributed by atoms with van der Waals surface area (Å²) in [6.45, 7) is 2.71. The summed E-state index contributed by atoms with van der Waals surface area (Å²) >= 11 is 0. The highest BCUT2D eigenvalue weighted by Crippen LogP contribution is 2.24. The van der Waals surface area contributed by atoms with E-state index in [4.69, 9.17) is 14.2 Å². The number of rotatable bonds is 13. The molecule has 0 saturated carbocycles. The molecule has 22 heavy (non-hydrogen) atoms. The molecule has 1 aromatic carbocycles. The lowest BCUT2D eigenvalue weighted by Gasteiger charge is -2.21. The summed E-state index contributed by atoms with van der Waals surface area (Å²) in [6, 6.07) is 10.4. The van der Waals surface area contributed by atoms with Crippen molar-refractivity contribution in [2.75, 3.05) is 20.8 Å². The van der Waals surface area contributed by atoms with Gasteiger partial charge in [-0.1, -0.05) is 75.8 Å². The first-order chi connectivity index (χ1) is 10.8. The fraction of sp³-hybridized carbons (Fsp3) is 0.684. The molecule has 0 N–H and O–H groups in total. The van der Waals surface area contributed by atoms with Crippen LogP contribution in [0.5, 0.6) is 0 Å². The molecule has 0 fully saturated rings. The Morgan fingerprint density at radius 2 is 1.50 bits per heavy atom. The van der Waals surface area contributed by atoms with E-state index in [9.17, 15) is 0 Å². The topological polar surface area (TPSA) is 27.7 Å². The lowest BCUT2D eigenvalue weighted by Crippen LogP contribution is -2.22. The summed E-state index contributed by atoms with van der Waals surface area (Å²) in [4.78, 5) is 0. The molecule has 1 rings (SSSR count). The van der Waals surface area contributed by atoms with Crippen LogP contribution in [0.4, 0.5) is 0 Å². The van der Waals surface area contributed by atoms with Crippen molar-refractivity contribution >= 4 is 0 Å². The van der Waals surface area contributed by atoms with Crippen LogP contribution in [-0.4, -0.2) is 27.1 Å². The van der Waals surface area contributed by atoms with Crippen molar-refractivity contribution in [3.05, 3.63) is 35.9 Å². The zero-order valence-electron chi connectivity index (χ0n) is 14.4. The minimum atomic E-state index is -0.296. The number of hydrogen-bond acceptors (Lipinski definition) is 3. The van der Waals surface area contributed by atoms with Crippen molar-refractivity contribution < 1.29 is 14.2 Å². The van der Waals surface area contributed by atoms with Gasteiger partial charge in [0, 0.05) is 14.2 Å². The van der Waals surface area contributed by atoms with Gasteiger partial charge in [0.2, 0.25) is 0 Å². The Bertz CT molecular complexity index is 349. The summed E-state index contributed by atoms with van der Waals surface area (Å²) < 4.78 is 16.5. The van der Waals surface area contributed by atoms with Gasteiger partial charge in [0.25, 0.3) is 0 Å². The molecule has 0 bridgehead atoms. The predicted octanol–water partition coefficient (Wildman–Crippen LogP) is 5.11. The van der Waals surface area contributed by atoms with Crippen LogP contribution in [0.15, 0.2) is 30.3 Å². The average Bonchev–Trinajstić information content (AvgIpc) is 2.57. The van der Waals surface area contributed by atoms with Crippen LogP contribution in [0.3, 0.4) is 0 Å². The molecule has 0 spiro atoms. The number of unbranched alkanes of at least 4 members (excludes halogenated alkanes) is 5. The van der Waals surface area contributed by atoms with Crippen LogP contribution in [0.2, 0.25) is 0 Å². The van der Waals surface area contributed by atoms with E-state index >= 15 is 0 Å². The van der Waals surface area contributed by atoms with Crippen LogP contribution in [-0.2, 0) is 14.2 Å². The molecule has 0 aliphatic carbocycles. The van der Waals surface area contributed by atoms with E-state index in [0.29, 0.717) is 6.61 Å². The maximum Gasteiger partial charge on any atom is 0.180 e. The third-order valence-electron chi connectivity index (χ3n) is 3.95. The highest BCUT2D eigenvalue weighted by Gasteiger charge is 2.14. The fourth-order valence-corrected chi connectivity index (χ4v) is 2.55. The van der Waals surface area contributed by atoms with E-state index in [1.165, 1.54) is 44.1 Å². The molecule has 3 nitrogen and oxygen atoms in total. The second kappa shape index (κ2) is 12.6. The lowest BCUT2D eigenvalue weighted by molar-refractivity contribution is -0.153. The average molecular weight is 308 g/mol. The van der Waals surface area contributed by atoms with Gasteiger partial charge in [-0.15, -0.1) is 0 Å². The second-order valence-corrected chi connectivity index (χ2v) is 5.69. The van der Waals surface area contributed by atoms with E-state index in [1.54, 1.807) is 14.2 Å². The Hall–Kier alpha value is -0.900. The van der Waals surface area contributed by atoms with Crippen LogP contribution in [0.25, 0.3) is 0 Å². The smallest absolute Gasteiger partial charge is 0.180 e. The first-order valence-electron chi connectivity index (χ1n) is 8.54. The van der Waals surface area contributed by atoms with Gasteiger partial charge >= 0.3 is 0 Å². The molecule has 0 radical (unpaired) electrons. The quantitative estimate of drug-likeness (QED) is 0.374. The molecule has 1 atom stereocenters. The number of methoxy groups -OCH3 is 2. The van der Waals surface area contributed by atoms with Gasteiger partial charge in [-0.05, 0) is 12.0 Å². The van der Waals surface area contributed by atoms with Crippen molar-refractivity contribution in [3.8, 4) is 0 Å². The van der Waals surface area contributed by atoms with E-state index < -0.39 is 0 Å². The fourth-order valence-electron chi connectivity index (χ4n) is 2.55. The third kappa shape index (κ3) is 7.92. The standard InChI is InChI=1S/C19H32O3/c1-4-5-6-7-8-12-15-18(17-13-10-9-11-14-17)22-16-19(20-2)21-3/h9-11,13-14,18-19H,4-8,12,15-16H2,1-3H3. The lowest BCUT2D eigenvalue weighted by atomic mass is 10.0. The minimum Gasteiger partial charge on any atom is -0.368 e. The SMILES string of the molecule is CCCCCCCCC(OCC(OC)OC)c1ccccc1. The summed E-state index contributed by atoms with van der Waals surface area (Å²) in [5.74, 6) is 0. The summed E-state index contributed by atoms with van der Waals surface area (Å²) in [6.07, 6.45) is 8.69. The molecule has 1 unspecified atom stereocenters. The minimum absolute atomic E-state index is 0.125. The molecule has 1 aromatic rings. The highest BCUT2D eigenvalue weighted by atomic mass is 16.7. The number of benzene rings is 1. The van der Waals surface area contributed by atoms with Crippen molar-refractivity contribution in [1.29, 1.82) is 0 Å². The van der Waals surface area contributed by atoms with E-state index in [2.05, 4.69) is 31.2 Å². The van der Waals surface area contributed by atoms with Gasteiger partial charge in [-0.3, -0.25) is 0 Å². The van der Waals surface area contributed by atoms with Crippen LogP contribution in [0.1, 0.15) is 63.5 Å². The summed E-state index contributed by atoms with van der Waals surface area (Å²) in [5.41, 5.74) is 1.24. The molecular weight excluding hydrogens is 276 g/mol. The monoisotopic (exact) mass is 308 g/mol. The van der Waals surface area contributed by atoms with Crippen molar-refractivity contribution in [3.63, 3.8) is 0 Å². The van der Waals surface area contributed by atoms with Gasteiger partial charge in [0.05, 0.1) is 12.7 Å². The Labute approximate surface area is 136 Å². The largest absolute Gasteiger partial charge is 0.368 e. The van der Waals surface area contributed by atoms with Crippen molar-refractivity contribution in [2.24, 2.45) is 0 Å². The number of ether oxygens (including phenoxy) is 3. The molecule has 3 heteroatoms. The van der Waals surface area contributed by atoms with Crippen molar-refractivity contribution in [1.82, 2.24) is 0 Å². The van der Waals surface area contributed by atoms with Gasteiger partial charge in [0.15, 0.2) is 6.29 Å². The Kier molecular flexibility index (Phi) is 11.0. The zero-order valence-corrected chi connectivity index (χ0v) is 14.4. The number of hydrogen-bond donors (Lipinski definition) is 0. The Morgan fingerprint density at radius 1 is 0.864 bits per heavy atom. The second-order valence-electron chi connectivity index (χ2n) is 5.69. The molecule has 0 heterocycles. The van der Waals surface area contributed by atoms with Gasteiger partial charge in [0.1, 0.15) is 0 Å². The van der Waals surface area contributed by atoms with E-state index in [0.717, 1.165) is 6.42 Å². The zero-order chi connectivity index (χ0) is 16.0.